The maximum atomic E-state index is 11.9. The summed E-state index contributed by atoms with van der Waals surface area (Å²) < 4.78 is 29.2. The number of ether oxygens (including phenoxy) is 1. The van der Waals surface area contributed by atoms with Crippen molar-refractivity contribution < 1.29 is 22.7 Å². The van der Waals surface area contributed by atoms with Gasteiger partial charge in [0.1, 0.15) is 0 Å². The van der Waals surface area contributed by atoms with Crippen molar-refractivity contribution >= 4 is 21.9 Å². The van der Waals surface area contributed by atoms with Gasteiger partial charge in [0.05, 0.1) is 19.4 Å². The van der Waals surface area contributed by atoms with Gasteiger partial charge >= 0.3 is 5.97 Å². The molecule has 0 rings (SSSR count). The van der Waals surface area contributed by atoms with Crippen LogP contribution in [0.25, 0.3) is 0 Å². The molecular weight excluding hydrogens is 284 g/mol. The van der Waals surface area contributed by atoms with Gasteiger partial charge in [0.2, 0.25) is 15.9 Å². The van der Waals surface area contributed by atoms with E-state index < -0.39 is 16.0 Å². The summed E-state index contributed by atoms with van der Waals surface area (Å²) in [4.78, 5) is 22.4. The fraction of sp³-hybridized carbons (Fsp3) is 0.833. The molecule has 0 saturated heterocycles. The van der Waals surface area contributed by atoms with Crippen LogP contribution >= 0.6 is 0 Å². The smallest absolute Gasteiger partial charge is 0.305 e. The highest BCUT2D eigenvalue weighted by molar-refractivity contribution is 7.89. The molecule has 1 N–H and O–H groups in total. The normalized spacial score (nSPS) is 11.7. The Morgan fingerprint density at radius 1 is 1.30 bits per heavy atom. The molecule has 0 aliphatic heterocycles. The molecule has 0 aliphatic carbocycles. The maximum absolute atomic E-state index is 11.9. The zero-order valence-corrected chi connectivity index (χ0v) is 13.3. The first-order chi connectivity index (χ1) is 9.19. The number of likely N-dealkylation sites (N-methyl/N-ethyl adjacent to an activating group) is 1. The molecule has 0 saturated carbocycles. The molecule has 0 bridgehead atoms. The Balaban J connectivity index is 4.20. The average molecular weight is 308 g/mol. The van der Waals surface area contributed by atoms with Crippen molar-refractivity contribution in [2.75, 3.05) is 33.0 Å². The zero-order valence-electron chi connectivity index (χ0n) is 12.5. The van der Waals surface area contributed by atoms with Gasteiger partial charge < -0.3 is 10.1 Å². The summed E-state index contributed by atoms with van der Waals surface area (Å²) >= 11 is 0. The van der Waals surface area contributed by atoms with E-state index in [1.165, 1.54) is 14.2 Å². The molecule has 1 amide bonds. The number of esters is 1. The Morgan fingerprint density at radius 3 is 2.40 bits per heavy atom. The third-order valence-electron chi connectivity index (χ3n) is 2.56. The molecule has 0 heterocycles. The summed E-state index contributed by atoms with van der Waals surface area (Å²) in [6.07, 6.45) is 0.218. The van der Waals surface area contributed by atoms with Crippen molar-refractivity contribution in [3.05, 3.63) is 0 Å². The van der Waals surface area contributed by atoms with E-state index in [4.69, 9.17) is 0 Å². The number of sulfonamides is 1. The van der Waals surface area contributed by atoms with E-state index in [1.807, 2.05) is 13.8 Å². The van der Waals surface area contributed by atoms with Crippen LogP contribution in [0.4, 0.5) is 0 Å². The molecule has 0 unspecified atom stereocenters. The van der Waals surface area contributed by atoms with E-state index in [1.54, 1.807) is 0 Å². The summed E-state index contributed by atoms with van der Waals surface area (Å²) in [5, 5.41) is 2.65. The van der Waals surface area contributed by atoms with E-state index in [-0.39, 0.29) is 31.0 Å². The Hall–Kier alpha value is -1.15. The number of rotatable bonds is 9. The molecule has 0 aromatic rings. The van der Waals surface area contributed by atoms with Gasteiger partial charge in [-0.15, -0.1) is 0 Å². The van der Waals surface area contributed by atoms with Crippen LogP contribution in [0.5, 0.6) is 0 Å². The standard InChI is InChI=1S/C12H24N2O5S/c1-10(2)8-13-11(15)9-14(3)20(17,18)7-5-6-12(16)19-4/h10H,5-9H2,1-4H3,(H,13,15). The van der Waals surface area contributed by atoms with Gasteiger partial charge in [-0.05, 0) is 12.3 Å². The van der Waals surface area contributed by atoms with Crippen LogP contribution < -0.4 is 5.32 Å². The molecule has 0 spiro atoms. The van der Waals surface area contributed by atoms with Crippen LogP contribution in [0.1, 0.15) is 26.7 Å². The number of carbonyl (C=O) groups excluding carboxylic acids is 2. The van der Waals surface area contributed by atoms with Gasteiger partial charge in [-0.25, -0.2) is 8.42 Å². The largest absolute Gasteiger partial charge is 0.469 e. The summed E-state index contributed by atoms with van der Waals surface area (Å²) in [7, 11) is -0.931. The number of nitrogens with one attached hydrogen (secondary N) is 1. The molecule has 0 aromatic carbocycles. The minimum Gasteiger partial charge on any atom is -0.469 e. The van der Waals surface area contributed by atoms with E-state index in [2.05, 4.69) is 10.1 Å². The minimum absolute atomic E-state index is 0.0448. The molecule has 8 heteroatoms. The number of hydrogen-bond donors (Lipinski definition) is 1. The quantitative estimate of drug-likeness (QED) is 0.604. The zero-order chi connectivity index (χ0) is 15.8. The molecular formula is C12H24N2O5S. The van der Waals surface area contributed by atoms with Gasteiger partial charge in [0.25, 0.3) is 0 Å². The highest BCUT2D eigenvalue weighted by Gasteiger charge is 2.20. The Morgan fingerprint density at radius 2 is 1.90 bits per heavy atom. The second kappa shape index (κ2) is 8.91. The third-order valence-corrected chi connectivity index (χ3v) is 4.44. The highest BCUT2D eigenvalue weighted by atomic mass is 32.2. The molecule has 118 valence electrons. The van der Waals surface area contributed by atoms with Gasteiger partial charge in [0, 0.05) is 20.0 Å². The van der Waals surface area contributed by atoms with Crippen molar-refractivity contribution in [2.45, 2.75) is 26.7 Å². The van der Waals surface area contributed by atoms with Crippen molar-refractivity contribution in [2.24, 2.45) is 5.92 Å². The van der Waals surface area contributed by atoms with Crippen LogP contribution in [0.3, 0.4) is 0 Å². The molecule has 0 radical (unpaired) electrons. The topological polar surface area (TPSA) is 92.8 Å². The predicted molar refractivity (Wildman–Crippen MR) is 75.5 cm³/mol. The predicted octanol–water partition coefficient (Wildman–Crippen LogP) is -0.0266. The second-order valence-electron chi connectivity index (χ2n) is 4.95. The summed E-state index contributed by atoms with van der Waals surface area (Å²) in [5.74, 6) is -0.660. The van der Waals surface area contributed by atoms with E-state index >= 15 is 0 Å². The number of carbonyl (C=O) groups is 2. The molecule has 7 nitrogen and oxygen atoms in total. The van der Waals surface area contributed by atoms with Crippen LogP contribution in [0, 0.1) is 5.92 Å². The van der Waals surface area contributed by atoms with E-state index in [0.29, 0.717) is 12.5 Å². The van der Waals surface area contributed by atoms with Crippen molar-refractivity contribution in [1.82, 2.24) is 9.62 Å². The summed E-state index contributed by atoms with van der Waals surface area (Å²) in [6.45, 7) is 4.20. The third kappa shape index (κ3) is 8.11. The van der Waals surface area contributed by atoms with Crippen molar-refractivity contribution in [1.29, 1.82) is 0 Å². The monoisotopic (exact) mass is 308 g/mol. The Bertz CT molecular complexity index is 420. The SMILES string of the molecule is COC(=O)CCCS(=O)(=O)N(C)CC(=O)NCC(C)C. The number of amides is 1. The maximum Gasteiger partial charge on any atom is 0.305 e. The Labute approximate surface area is 120 Å². The van der Waals surface area contributed by atoms with Gasteiger partial charge in [-0.2, -0.15) is 4.31 Å². The molecule has 0 aliphatic rings. The molecule has 0 fully saturated rings. The van der Waals surface area contributed by atoms with E-state index in [9.17, 15) is 18.0 Å². The van der Waals surface area contributed by atoms with Crippen LogP contribution in [-0.2, 0) is 24.3 Å². The fourth-order valence-corrected chi connectivity index (χ4v) is 2.47. The average Bonchev–Trinajstić information content (AvgIpc) is 2.35. The first-order valence-electron chi connectivity index (χ1n) is 6.46. The van der Waals surface area contributed by atoms with Crippen molar-refractivity contribution in [3.8, 4) is 0 Å². The second-order valence-corrected chi connectivity index (χ2v) is 7.15. The highest BCUT2D eigenvalue weighted by Crippen LogP contribution is 2.03. The summed E-state index contributed by atoms with van der Waals surface area (Å²) in [6, 6.07) is 0. The lowest BCUT2D eigenvalue weighted by Gasteiger charge is -2.17. The lowest BCUT2D eigenvalue weighted by atomic mass is 10.2. The molecule has 0 aromatic heterocycles. The van der Waals surface area contributed by atoms with Gasteiger partial charge in [-0.1, -0.05) is 13.8 Å². The molecule has 20 heavy (non-hydrogen) atoms. The number of hydrogen-bond acceptors (Lipinski definition) is 5. The van der Waals surface area contributed by atoms with Crippen molar-refractivity contribution in [3.63, 3.8) is 0 Å². The lowest BCUT2D eigenvalue weighted by Crippen LogP contribution is -2.40. The first-order valence-corrected chi connectivity index (χ1v) is 8.07. The van der Waals surface area contributed by atoms with E-state index in [0.717, 1.165) is 4.31 Å². The van der Waals surface area contributed by atoms with Gasteiger partial charge in [-0.3, -0.25) is 9.59 Å². The van der Waals surface area contributed by atoms with Crippen LogP contribution in [0.15, 0.2) is 0 Å². The van der Waals surface area contributed by atoms with Gasteiger partial charge in [0.15, 0.2) is 0 Å². The first kappa shape index (κ1) is 18.9. The summed E-state index contributed by atoms with van der Waals surface area (Å²) in [5.41, 5.74) is 0. The fourth-order valence-electron chi connectivity index (χ4n) is 1.33. The number of methoxy groups -OCH3 is 1. The lowest BCUT2D eigenvalue weighted by molar-refractivity contribution is -0.140. The minimum atomic E-state index is -3.53. The van der Waals surface area contributed by atoms with Crippen LogP contribution in [-0.4, -0.2) is 57.6 Å². The Kier molecular flexibility index (Phi) is 8.40. The number of nitrogens with zero attached hydrogens (tertiary/aromatic N) is 1. The molecule has 0 atom stereocenters. The van der Waals surface area contributed by atoms with Crippen LogP contribution in [0.2, 0.25) is 0 Å².